The van der Waals surface area contributed by atoms with Crippen LogP contribution in [0, 0.1) is 34.9 Å². The summed E-state index contributed by atoms with van der Waals surface area (Å²) in [7, 11) is 0. The van der Waals surface area contributed by atoms with Gasteiger partial charge < -0.3 is 15.5 Å². The Morgan fingerprint density at radius 2 is 1.54 bits per heavy atom. The summed E-state index contributed by atoms with van der Waals surface area (Å²) in [6.07, 6.45) is -0.419. The van der Waals surface area contributed by atoms with Crippen LogP contribution in [0.25, 0.3) is 0 Å². The Labute approximate surface area is 202 Å². The van der Waals surface area contributed by atoms with Crippen molar-refractivity contribution in [1.29, 1.82) is 0 Å². The van der Waals surface area contributed by atoms with Gasteiger partial charge in [-0.15, -0.1) is 12.4 Å². The Balaban J connectivity index is 0.00000342. The molecule has 35 heavy (non-hydrogen) atoms. The molecule has 4 rings (SSSR count). The molecule has 2 saturated heterocycles. The number of urea groups is 1. The fourth-order valence-corrected chi connectivity index (χ4v) is 4.34. The maximum atomic E-state index is 14.2. The Bertz CT molecular complexity index is 1130. The van der Waals surface area contributed by atoms with E-state index in [9.17, 15) is 35.9 Å². The van der Waals surface area contributed by atoms with Crippen molar-refractivity contribution < 1.29 is 35.9 Å². The molecule has 13 heteroatoms. The number of rotatable bonds is 5. The third-order valence-electron chi connectivity index (χ3n) is 5.97. The second-order valence-electron chi connectivity index (χ2n) is 8.32. The average molecular weight is 523 g/mol. The van der Waals surface area contributed by atoms with Crippen LogP contribution in [-0.4, -0.2) is 60.0 Å². The van der Waals surface area contributed by atoms with Crippen molar-refractivity contribution in [1.82, 2.24) is 9.80 Å². The molecule has 2 atom stereocenters. The summed E-state index contributed by atoms with van der Waals surface area (Å²) in [5.74, 6) is -7.47. The zero-order valence-corrected chi connectivity index (χ0v) is 18.9. The lowest BCUT2D eigenvalue weighted by Crippen LogP contribution is -2.54. The maximum absolute atomic E-state index is 14.2. The highest BCUT2D eigenvalue weighted by atomic mass is 35.5. The molecule has 3 amide bonds. The van der Waals surface area contributed by atoms with Gasteiger partial charge in [0, 0.05) is 50.3 Å². The van der Waals surface area contributed by atoms with Gasteiger partial charge in [-0.3, -0.25) is 9.69 Å². The Hall–Kier alpha value is -2.99. The number of nitrogens with two attached hydrogens (primary N) is 1. The summed E-state index contributed by atoms with van der Waals surface area (Å²) < 4.78 is 81.9. The van der Waals surface area contributed by atoms with Crippen LogP contribution < -0.4 is 10.6 Å². The van der Waals surface area contributed by atoms with E-state index in [1.54, 1.807) is 0 Å². The van der Waals surface area contributed by atoms with E-state index in [2.05, 4.69) is 0 Å². The van der Waals surface area contributed by atoms with Crippen molar-refractivity contribution >= 4 is 30.0 Å². The molecular weight excluding hydrogens is 502 g/mol. The lowest BCUT2D eigenvalue weighted by atomic mass is 10.0. The van der Waals surface area contributed by atoms with Crippen molar-refractivity contribution in [2.45, 2.75) is 24.9 Å². The summed E-state index contributed by atoms with van der Waals surface area (Å²) in [6.45, 7) is 0.185. The van der Waals surface area contributed by atoms with Crippen LogP contribution in [0.15, 0.2) is 24.3 Å². The highest BCUT2D eigenvalue weighted by molar-refractivity contribution is 5.95. The minimum absolute atomic E-state index is 0. The van der Waals surface area contributed by atoms with Gasteiger partial charge in [0.2, 0.25) is 5.91 Å². The topological polar surface area (TPSA) is 69.9 Å². The minimum Gasteiger partial charge on any atom is -0.339 e. The fraction of sp³-hybridized carbons (Fsp3) is 0.364. The van der Waals surface area contributed by atoms with Crippen LogP contribution in [0.5, 0.6) is 0 Å². The van der Waals surface area contributed by atoms with Crippen LogP contribution in [0.2, 0.25) is 0 Å². The molecule has 2 N–H and O–H groups in total. The second-order valence-corrected chi connectivity index (χ2v) is 8.32. The normalized spacial score (nSPS) is 18.4. The number of benzene rings is 2. The predicted octanol–water partition coefficient (Wildman–Crippen LogP) is 3.36. The molecule has 0 spiro atoms. The van der Waals surface area contributed by atoms with Crippen LogP contribution >= 0.6 is 12.4 Å². The van der Waals surface area contributed by atoms with E-state index in [4.69, 9.17) is 5.73 Å². The van der Waals surface area contributed by atoms with E-state index in [0.29, 0.717) is 24.3 Å². The second kappa shape index (κ2) is 10.3. The number of amides is 3. The molecule has 0 bridgehead atoms. The van der Waals surface area contributed by atoms with Crippen LogP contribution in [-0.2, 0) is 11.2 Å². The molecule has 2 heterocycles. The molecule has 1 unspecified atom stereocenters. The van der Waals surface area contributed by atoms with E-state index in [1.165, 1.54) is 9.80 Å². The largest absolute Gasteiger partial charge is 0.339 e. The molecule has 2 aromatic rings. The number of halogens is 7. The first kappa shape index (κ1) is 26.6. The summed E-state index contributed by atoms with van der Waals surface area (Å²) in [5, 5.41) is 0. The van der Waals surface area contributed by atoms with Gasteiger partial charge >= 0.3 is 6.03 Å². The number of hydrogen-bond donors (Lipinski definition) is 1. The molecule has 6 nitrogen and oxygen atoms in total. The summed E-state index contributed by atoms with van der Waals surface area (Å²) >= 11 is 0. The molecule has 2 aliphatic rings. The first-order valence-corrected chi connectivity index (χ1v) is 10.4. The summed E-state index contributed by atoms with van der Waals surface area (Å²) in [4.78, 5) is 29.1. The van der Waals surface area contributed by atoms with E-state index in [0.717, 1.165) is 4.90 Å². The molecular formula is C22H21ClF6N4O2. The minimum atomic E-state index is -1.33. The van der Waals surface area contributed by atoms with Gasteiger partial charge in [-0.1, -0.05) is 0 Å². The summed E-state index contributed by atoms with van der Waals surface area (Å²) in [6, 6.07) is -0.0321. The molecule has 0 aliphatic carbocycles. The highest BCUT2D eigenvalue weighted by Gasteiger charge is 2.43. The predicted molar refractivity (Wildman–Crippen MR) is 116 cm³/mol. The van der Waals surface area contributed by atoms with E-state index in [1.807, 2.05) is 0 Å². The Morgan fingerprint density at radius 1 is 0.914 bits per heavy atom. The molecule has 190 valence electrons. The van der Waals surface area contributed by atoms with Gasteiger partial charge in [-0.2, -0.15) is 0 Å². The molecule has 2 aliphatic heterocycles. The van der Waals surface area contributed by atoms with Crippen LogP contribution in [0.1, 0.15) is 12.0 Å². The zero-order valence-electron chi connectivity index (χ0n) is 18.1. The van der Waals surface area contributed by atoms with Crippen molar-refractivity contribution in [3.05, 3.63) is 64.7 Å². The number of nitrogens with zero attached hydrogens (tertiary/aromatic N) is 3. The maximum Gasteiger partial charge on any atom is 0.325 e. The Kier molecular flexibility index (Phi) is 7.85. The highest BCUT2D eigenvalue weighted by Crippen LogP contribution is 2.31. The van der Waals surface area contributed by atoms with Gasteiger partial charge in [0.05, 0.1) is 12.6 Å². The van der Waals surface area contributed by atoms with Gasteiger partial charge in [0.25, 0.3) is 0 Å². The van der Waals surface area contributed by atoms with E-state index in [-0.39, 0.29) is 57.0 Å². The molecule has 0 radical (unpaired) electrons. The van der Waals surface area contributed by atoms with Gasteiger partial charge in [-0.25, -0.2) is 31.1 Å². The molecule has 2 fully saturated rings. The fourth-order valence-electron chi connectivity index (χ4n) is 4.34. The van der Waals surface area contributed by atoms with Crippen LogP contribution in [0.4, 0.5) is 36.8 Å². The average Bonchev–Trinajstić information content (AvgIpc) is 3.06. The van der Waals surface area contributed by atoms with Crippen molar-refractivity contribution in [3.63, 3.8) is 0 Å². The molecule has 0 aromatic heterocycles. The third-order valence-corrected chi connectivity index (χ3v) is 5.97. The van der Waals surface area contributed by atoms with Crippen LogP contribution in [0.3, 0.4) is 0 Å². The van der Waals surface area contributed by atoms with Gasteiger partial charge in [-0.05, 0) is 18.1 Å². The van der Waals surface area contributed by atoms with Crippen molar-refractivity contribution in [2.75, 3.05) is 31.1 Å². The SMILES string of the molecule is Cl.N[C@@H](CC(=O)N1CCN2C(=O)N(c3c(F)cc(F)cc3F)CC2C1)Cc1cc(F)c(F)cc1F. The Morgan fingerprint density at radius 3 is 2.20 bits per heavy atom. The summed E-state index contributed by atoms with van der Waals surface area (Å²) in [5.41, 5.74) is 5.10. The third kappa shape index (κ3) is 5.32. The zero-order chi connectivity index (χ0) is 24.7. The van der Waals surface area contributed by atoms with Crippen molar-refractivity contribution in [3.8, 4) is 0 Å². The first-order valence-electron chi connectivity index (χ1n) is 10.4. The van der Waals surface area contributed by atoms with Gasteiger partial charge in [0.15, 0.2) is 23.3 Å². The molecule has 2 aromatic carbocycles. The monoisotopic (exact) mass is 522 g/mol. The number of fused-ring (bicyclic) bond motifs is 1. The standard InChI is InChI=1S/C22H20F6N4O2.ClH/c23-12-5-18(27)21(19(28)6-12)32-10-14-9-30(1-2-31(14)22(32)34)20(33)7-13(29)3-11-4-16(25)17(26)8-15(11)24;/h4-6,8,13-14H,1-3,7,9-10,29H2;1H/t13-,14?;/m1./s1. The van der Waals surface area contributed by atoms with E-state index >= 15 is 0 Å². The van der Waals surface area contributed by atoms with Crippen molar-refractivity contribution in [2.24, 2.45) is 5.73 Å². The smallest absolute Gasteiger partial charge is 0.325 e. The number of carbonyl (C=O) groups is 2. The number of piperazine rings is 1. The number of carbonyl (C=O) groups excluding carboxylic acids is 2. The lowest BCUT2D eigenvalue weighted by molar-refractivity contribution is -0.133. The first-order chi connectivity index (χ1) is 16.0. The number of anilines is 1. The molecule has 0 saturated carbocycles. The lowest BCUT2D eigenvalue weighted by Gasteiger charge is -2.36. The quantitative estimate of drug-likeness (QED) is 0.484. The van der Waals surface area contributed by atoms with E-state index < -0.39 is 64.6 Å². The van der Waals surface area contributed by atoms with Gasteiger partial charge in [0.1, 0.15) is 17.3 Å². The number of hydrogen-bond acceptors (Lipinski definition) is 3.